The number of nitriles is 1. The first-order chi connectivity index (χ1) is 18.3. The van der Waals surface area contributed by atoms with Gasteiger partial charge in [0, 0.05) is 36.6 Å². The largest absolute Gasteiger partial charge is 0.444 e. The Hall–Kier alpha value is -4.42. The number of carbonyl (C=O) groups is 1. The van der Waals surface area contributed by atoms with Crippen molar-refractivity contribution in [1.82, 2.24) is 20.3 Å². The molecule has 9 heteroatoms. The lowest BCUT2D eigenvalue weighted by Gasteiger charge is -2.25. The number of hydrogen-bond acceptors (Lipinski definition) is 7. The zero-order valence-corrected chi connectivity index (χ0v) is 21.7. The lowest BCUT2D eigenvalue weighted by atomic mass is 10.00. The average molecular weight is 511 g/mol. The molecule has 1 saturated heterocycles. The van der Waals surface area contributed by atoms with Crippen LogP contribution in [0.25, 0.3) is 33.5 Å². The number of hydrogen-bond donors (Lipinski definition) is 3. The number of H-pyrrole nitrogens is 1. The number of carbonyl (C=O) groups excluding carboxylic acids is 1. The normalized spacial score (nSPS) is 15.4. The van der Waals surface area contributed by atoms with Crippen molar-refractivity contribution < 1.29 is 14.6 Å². The number of aliphatic hydroxyl groups is 1. The van der Waals surface area contributed by atoms with E-state index in [1.54, 1.807) is 18.5 Å². The Morgan fingerprint density at radius 3 is 2.79 bits per heavy atom. The lowest BCUT2D eigenvalue weighted by molar-refractivity contribution is 0.0509. The highest BCUT2D eigenvalue weighted by atomic mass is 16.6. The molecule has 1 aliphatic rings. The predicted molar refractivity (Wildman–Crippen MR) is 145 cm³/mol. The summed E-state index contributed by atoms with van der Waals surface area (Å²) in [7, 11) is 0. The first kappa shape index (κ1) is 25.2. The van der Waals surface area contributed by atoms with Crippen molar-refractivity contribution in [3.63, 3.8) is 0 Å². The van der Waals surface area contributed by atoms with Crippen LogP contribution in [0.5, 0.6) is 0 Å². The second-order valence-electron chi connectivity index (χ2n) is 10.4. The summed E-state index contributed by atoms with van der Waals surface area (Å²) in [6.07, 6.45) is 3.88. The Morgan fingerprint density at radius 1 is 1.24 bits per heavy atom. The minimum atomic E-state index is -0.575. The molecule has 194 valence electrons. The van der Waals surface area contributed by atoms with Gasteiger partial charge in [-0.2, -0.15) is 5.26 Å². The van der Waals surface area contributed by atoms with Crippen LogP contribution in [0.2, 0.25) is 0 Å². The van der Waals surface area contributed by atoms with E-state index in [-0.39, 0.29) is 12.6 Å². The molecule has 1 fully saturated rings. The van der Waals surface area contributed by atoms with Gasteiger partial charge in [-0.25, -0.2) is 9.78 Å². The molecule has 9 nitrogen and oxygen atoms in total. The van der Waals surface area contributed by atoms with Gasteiger partial charge in [0.2, 0.25) is 0 Å². The summed E-state index contributed by atoms with van der Waals surface area (Å²) >= 11 is 0. The minimum absolute atomic E-state index is 0.0965. The summed E-state index contributed by atoms with van der Waals surface area (Å²) in [5.74, 6) is 0.630. The first-order valence-electron chi connectivity index (χ1n) is 12.6. The average Bonchev–Trinajstić information content (AvgIpc) is 3.54. The van der Waals surface area contributed by atoms with E-state index in [0.29, 0.717) is 30.0 Å². The number of nitrogens with one attached hydrogen (secondary N) is 2. The van der Waals surface area contributed by atoms with Crippen molar-refractivity contribution in [3.8, 4) is 28.6 Å². The molecule has 3 N–H and O–H groups in total. The molecule has 0 bridgehead atoms. The van der Waals surface area contributed by atoms with Crippen LogP contribution >= 0.6 is 0 Å². The summed E-state index contributed by atoms with van der Waals surface area (Å²) in [5, 5.41) is 22.3. The van der Waals surface area contributed by atoms with Crippen molar-refractivity contribution in [3.05, 3.63) is 66.0 Å². The van der Waals surface area contributed by atoms with Crippen molar-refractivity contribution in [1.29, 1.82) is 5.26 Å². The number of benzene rings is 2. The van der Waals surface area contributed by atoms with Crippen LogP contribution in [0, 0.1) is 11.3 Å². The summed E-state index contributed by atoms with van der Waals surface area (Å²) in [6, 6.07) is 15.2. The van der Waals surface area contributed by atoms with Crippen LogP contribution in [-0.4, -0.2) is 50.9 Å². The Labute approximate surface area is 221 Å². The smallest absolute Gasteiger partial charge is 0.407 e. The van der Waals surface area contributed by atoms with E-state index >= 15 is 0 Å². The number of aliphatic hydroxyl groups excluding tert-OH is 1. The van der Waals surface area contributed by atoms with Crippen LogP contribution in [0.15, 0.2) is 54.9 Å². The Bertz CT molecular complexity index is 1530. The van der Waals surface area contributed by atoms with Crippen LogP contribution in [0.4, 0.5) is 10.5 Å². The van der Waals surface area contributed by atoms with Gasteiger partial charge >= 0.3 is 6.09 Å². The van der Waals surface area contributed by atoms with Crippen LogP contribution in [0.1, 0.15) is 38.3 Å². The third-order valence-electron chi connectivity index (χ3n) is 6.47. The maximum absolute atomic E-state index is 12.4. The van der Waals surface area contributed by atoms with Gasteiger partial charge in [-0.3, -0.25) is 4.98 Å². The number of ether oxygens (including phenoxy) is 1. The number of pyridine rings is 1. The van der Waals surface area contributed by atoms with Gasteiger partial charge in [-0.1, -0.05) is 24.3 Å². The molecule has 0 spiro atoms. The van der Waals surface area contributed by atoms with Gasteiger partial charge < -0.3 is 25.0 Å². The predicted octanol–water partition coefficient (Wildman–Crippen LogP) is 4.76. The fourth-order valence-corrected chi connectivity index (χ4v) is 4.84. The highest BCUT2D eigenvalue weighted by molar-refractivity contribution is 5.92. The topological polar surface area (TPSA) is 127 Å². The van der Waals surface area contributed by atoms with Crippen molar-refractivity contribution >= 4 is 22.8 Å². The van der Waals surface area contributed by atoms with E-state index in [1.165, 1.54) is 0 Å². The Kier molecular flexibility index (Phi) is 6.74. The number of amides is 1. The summed E-state index contributed by atoms with van der Waals surface area (Å²) in [6.45, 7) is 6.68. The maximum atomic E-state index is 12.4. The molecule has 2 aromatic heterocycles. The van der Waals surface area contributed by atoms with Gasteiger partial charge in [0.1, 0.15) is 11.4 Å². The zero-order chi connectivity index (χ0) is 26.9. The first-order valence-corrected chi connectivity index (χ1v) is 12.6. The number of aromatic nitrogens is 3. The number of aromatic amines is 1. The van der Waals surface area contributed by atoms with E-state index in [1.807, 2.05) is 57.2 Å². The van der Waals surface area contributed by atoms with Crippen molar-refractivity contribution in [2.45, 2.75) is 45.4 Å². The summed E-state index contributed by atoms with van der Waals surface area (Å²) in [4.78, 5) is 27.4. The lowest BCUT2D eigenvalue weighted by Crippen LogP contribution is -2.40. The molecular formula is C29H30N6O3. The third kappa shape index (κ3) is 5.17. The van der Waals surface area contributed by atoms with E-state index in [2.05, 4.69) is 26.3 Å². The van der Waals surface area contributed by atoms with Crippen LogP contribution in [-0.2, 0) is 11.3 Å². The van der Waals surface area contributed by atoms with Gasteiger partial charge in [-0.15, -0.1) is 0 Å². The maximum Gasteiger partial charge on any atom is 0.407 e. The monoisotopic (exact) mass is 510 g/mol. The molecule has 1 atom stereocenters. The molecule has 1 aliphatic heterocycles. The van der Waals surface area contributed by atoms with Gasteiger partial charge in [0.25, 0.3) is 0 Å². The molecule has 0 aliphatic carbocycles. The van der Waals surface area contributed by atoms with E-state index < -0.39 is 11.7 Å². The standard InChI is InChI=1S/C29H30N6O3/c1-29(2,3)38-28(37)32-21-10-11-35(16-21)26-22(19-7-4-6-18(12-19)13-30)14-31-15-23(26)27-33-24-9-5-8-20(17-36)25(24)34-27/h4-9,12,14-15,21,36H,10-11,16-17H2,1-3H3,(H,32,37)(H,33,34)/t21-/m0/s1. The van der Waals surface area contributed by atoms with Gasteiger partial charge in [-0.05, 0) is 51.0 Å². The SMILES string of the molecule is CC(C)(C)OC(=O)N[C@H]1CCN(c2c(-c3cccc(C#N)c3)cncc2-c2nc3c(CO)cccc3[nH]2)C1. The number of nitrogens with zero attached hydrogens (tertiary/aromatic N) is 4. The molecule has 2 aromatic carbocycles. The molecule has 3 heterocycles. The zero-order valence-electron chi connectivity index (χ0n) is 21.7. The van der Waals surface area contributed by atoms with Crippen molar-refractivity contribution in [2.24, 2.45) is 0 Å². The molecular weight excluding hydrogens is 480 g/mol. The number of anilines is 1. The van der Waals surface area contributed by atoms with Crippen LogP contribution in [0.3, 0.4) is 0 Å². The third-order valence-corrected chi connectivity index (χ3v) is 6.47. The number of fused-ring (bicyclic) bond motifs is 1. The van der Waals surface area contributed by atoms with Crippen LogP contribution < -0.4 is 10.2 Å². The van der Waals surface area contributed by atoms with Gasteiger partial charge in [0.15, 0.2) is 0 Å². The highest BCUT2D eigenvalue weighted by Crippen LogP contribution is 2.40. The number of alkyl carbamates (subject to hydrolysis) is 1. The summed E-state index contributed by atoms with van der Waals surface area (Å²) < 4.78 is 5.46. The Morgan fingerprint density at radius 2 is 2.03 bits per heavy atom. The van der Waals surface area contributed by atoms with E-state index in [9.17, 15) is 15.2 Å². The molecule has 5 rings (SSSR count). The number of rotatable bonds is 5. The molecule has 0 unspecified atom stereocenters. The minimum Gasteiger partial charge on any atom is -0.444 e. The number of imidazole rings is 1. The fraction of sp³-hybridized carbons (Fsp3) is 0.310. The number of para-hydroxylation sites is 1. The quantitative estimate of drug-likeness (QED) is 0.353. The fourth-order valence-electron chi connectivity index (χ4n) is 4.84. The van der Waals surface area contributed by atoms with E-state index in [4.69, 9.17) is 9.72 Å². The molecule has 38 heavy (non-hydrogen) atoms. The second kappa shape index (κ2) is 10.1. The summed E-state index contributed by atoms with van der Waals surface area (Å²) in [5.41, 5.74) is 5.68. The molecule has 1 amide bonds. The Balaban J connectivity index is 1.57. The molecule has 0 saturated carbocycles. The van der Waals surface area contributed by atoms with Gasteiger partial charge in [0.05, 0.1) is 46.6 Å². The molecule has 0 radical (unpaired) electrons. The van der Waals surface area contributed by atoms with E-state index in [0.717, 1.165) is 39.9 Å². The second-order valence-corrected chi connectivity index (χ2v) is 10.4. The molecule has 4 aromatic rings. The van der Waals surface area contributed by atoms with Crippen molar-refractivity contribution in [2.75, 3.05) is 18.0 Å². The highest BCUT2D eigenvalue weighted by Gasteiger charge is 2.30.